The lowest BCUT2D eigenvalue weighted by atomic mass is 10.0. The van der Waals surface area contributed by atoms with E-state index in [2.05, 4.69) is 19.9 Å². The maximum Gasteiger partial charge on any atom is 0.442 e. The molecule has 224 valence electrons. The molecule has 0 spiro atoms. The van der Waals surface area contributed by atoms with Crippen molar-refractivity contribution in [2.75, 3.05) is 11.6 Å². The van der Waals surface area contributed by atoms with E-state index in [1.807, 2.05) is 0 Å². The summed E-state index contributed by atoms with van der Waals surface area (Å²) in [6.45, 7) is 6.39. The number of carbonyl (C=O) groups excluding carboxylic acids is 2. The average Bonchev–Trinajstić information content (AvgIpc) is 3.68. The molecule has 0 bridgehead atoms. The Morgan fingerprint density at radius 2 is 1.76 bits per heavy atom. The predicted octanol–water partition coefficient (Wildman–Crippen LogP) is 7.26. The van der Waals surface area contributed by atoms with Gasteiger partial charge in [-0.25, -0.2) is 13.4 Å². The van der Waals surface area contributed by atoms with Gasteiger partial charge in [-0.2, -0.15) is 13.2 Å². The van der Waals surface area contributed by atoms with Crippen molar-refractivity contribution in [3.63, 3.8) is 0 Å². The van der Waals surface area contributed by atoms with Crippen molar-refractivity contribution in [2.24, 2.45) is 4.36 Å². The number of benzene rings is 2. The number of carbonyl (C=O) groups is 2. The van der Waals surface area contributed by atoms with Gasteiger partial charge in [-0.05, 0) is 88.4 Å². The summed E-state index contributed by atoms with van der Waals surface area (Å²) < 4.78 is 83.3. The number of halogens is 4. The minimum absolute atomic E-state index is 0.0579. The summed E-state index contributed by atoms with van der Waals surface area (Å²) in [5, 5.41) is 9.47. The van der Waals surface area contributed by atoms with Crippen LogP contribution >= 0.6 is 0 Å². The fraction of sp³-hybridized carbons (Fsp3) is 0.357. The molecule has 1 aliphatic rings. The molecule has 1 N–H and O–H groups in total. The molecular formula is C28H28F4N4O5S. The number of rotatable bonds is 6. The number of anilines is 1. The van der Waals surface area contributed by atoms with Crippen LogP contribution in [-0.2, 0) is 20.6 Å². The topological polar surface area (TPSA) is 120 Å². The molecule has 0 aliphatic heterocycles. The van der Waals surface area contributed by atoms with E-state index >= 15 is 0 Å². The number of aromatic nitrogens is 2. The maximum absolute atomic E-state index is 14.0. The van der Waals surface area contributed by atoms with Gasteiger partial charge in [0.15, 0.2) is 5.69 Å². The molecule has 1 atom stereocenters. The first-order valence-electron chi connectivity index (χ1n) is 12.7. The molecule has 2 amide bonds. The summed E-state index contributed by atoms with van der Waals surface area (Å²) in [5.74, 6) is -2.58. The van der Waals surface area contributed by atoms with Gasteiger partial charge < -0.3 is 14.8 Å². The highest BCUT2D eigenvalue weighted by molar-refractivity contribution is 7.93. The molecule has 1 aromatic heterocycles. The lowest BCUT2D eigenvalue weighted by Gasteiger charge is -2.19. The van der Waals surface area contributed by atoms with Crippen LogP contribution in [0.3, 0.4) is 0 Å². The van der Waals surface area contributed by atoms with E-state index in [1.54, 1.807) is 20.8 Å². The number of alkyl halides is 3. The van der Waals surface area contributed by atoms with Crippen LogP contribution < -0.4 is 10.1 Å². The van der Waals surface area contributed by atoms with Crippen LogP contribution in [-0.4, -0.2) is 38.3 Å². The first kappa shape index (κ1) is 30.9. The zero-order valence-corrected chi connectivity index (χ0v) is 24.2. The molecule has 1 saturated carbocycles. The summed E-state index contributed by atoms with van der Waals surface area (Å²) in [5.41, 5.74) is -2.65. The molecule has 3 aromatic rings. The lowest BCUT2D eigenvalue weighted by Crippen LogP contribution is -2.22. The lowest BCUT2D eigenvalue weighted by molar-refractivity contribution is -0.142. The predicted molar refractivity (Wildman–Crippen MR) is 146 cm³/mol. The molecule has 1 heterocycles. The van der Waals surface area contributed by atoms with Gasteiger partial charge >= 0.3 is 12.3 Å². The van der Waals surface area contributed by atoms with Gasteiger partial charge in [0, 0.05) is 22.4 Å². The molecule has 0 saturated heterocycles. The Hall–Kier alpha value is -4.07. The highest BCUT2D eigenvalue weighted by Gasteiger charge is 2.44. The molecule has 1 fully saturated rings. The van der Waals surface area contributed by atoms with E-state index in [0.717, 1.165) is 12.1 Å². The fourth-order valence-corrected chi connectivity index (χ4v) is 5.12. The third-order valence-corrected chi connectivity index (χ3v) is 7.60. The number of hydrogen-bond acceptors (Lipinski definition) is 7. The first-order chi connectivity index (χ1) is 19.4. The quantitative estimate of drug-likeness (QED) is 0.293. The third kappa shape index (κ3) is 7.41. The van der Waals surface area contributed by atoms with Crippen molar-refractivity contribution in [1.29, 1.82) is 0 Å². The number of nitrogens with one attached hydrogen (secondary N) is 1. The number of hydrogen-bond donors (Lipinski definition) is 1. The number of amides is 2. The fourth-order valence-electron chi connectivity index (χ4n) is 4.01. The van der Waals surface area contributed by atoms with Gasteiger partial charge in [0.1, 0.15) is 22.7 Å². The summed E-state index contributed by atoms with van der Waals surface area (Å²) in [6.07, 6.45) is -3.95. The minimum atomic E-state index is -4.90. The number of ether oxygens (including phenoxy) is 2. The van der Waals surface area contributed by atoms with E-state index in [1.165, 1.54) is 43.5 Å². The Bertz CT molecular complexity index is 1670. The number of nitrogens with zero attached hydrogens (tertiary/aromatic N) is 3. The van der Waals surface area contributed by atoms with Crippen LogP contribution in [0.5, 0.6) is 11.6 Å². The first-order valence-corrected chi connectivity index (χ1v) is 14.7. The van der Waals surface area contributed by atoms with Gasteiger partial charge in [0.25, 0.3) is 11.8 Å². The molecule has 14 heteroatoms. The highest BCUT2D eigenvalue weighted by atomic mass is 32.2. The van der Waals surface area contributed by atoms with Crippen molar-refractivity contribution in [3.8, 4) is 11.6 Å². The normalized spacial score (nSPS) is 15.0. The van der Waals surface area contributed by atoms with E-state index in [-0.39, 0.29) is 21.9 Å². The van der Waals surface area contributed by atoms with E-state index in [0.29, 0.717) is 18.4 Å². The van der Waals surface area contributed by atoms with E-state index in [9.17, 15) is 31.4 Å². The SMILES string of the molecule is Cc1cc(F)ccc1Oc1nnc(C(F)(F)F)c(C2CC2)c1C(=O)Nc1cccc([S@](C)(=O)=NC(=O)OC(C)(C)C)c1. The smallest absolute Gasteiger partial charge is 0.442 e. The number of aryl methyl sites for hydroxylation is 1. The van der Waals surface area contributed by atoms with E-state index < -0.39 is 62.4 Å². The maximum atomic E-state index is 14.0. The van der Waals surface area contributed by atoms with Gasteiger partial charge in [-0.3, -0.25) is 4.79 Å². The Morgan fingerprint density at radius 1 is 1.07 bits per heavy atom. The van der Waals surface area contributed by atoms with Crippen LogP contribution in [0.4, 0.5) is 28.0 Å². The molecular weight excluding hydrogens is 580 g/mol. The largest absolute Gasteiger partial charge is 0.442 e. The highest BCUT2D eigenvalue weighted by Crippen LogP contribution is 2.48. The Labute approximate surface area is 239 Å². The second-order valence-electron chi connectivity index (χ2n) is 10.8. The summed E-state index contributed by atoms with van der Waals surface area (Å²) in [6, 6.07) is 9.08. The zero-order valence-electron chi connectivity index (χ0n) is 23.3. The molecule has 4 rings (SSSR count). The average molecular weight is 609 g/mol. The van der Waals surface area contributed by atoms with Gasteiger partial charge in [0.05, 0.1) is 9.73 Å². The molecule has 9 nitrogen and oxygen atoms in total. The second kappa shape index (κ2) is 11.3. The Morgan fingerprint density at radius 3 is 2.36 bits per heavy atom. The summed E-state index contributed by atoms with van der Waals surface area (Å²) >= 11 is 0. The molecule has 1 aliphatic carbocycles. The van der Waals surface area contributed by atoms with Crippen LogP contribution in [0.25, 0.3) is 0 Å². The monoisotopic (exact) mass is 608 g/mol. The Balaban J connectivity index is 1.75. The molecule has 2 aromatic carbocycles. The molecule has 0 radical (unpaired) electrons. The van der Waals surface area contributed by atoms with Crippen molar-refractivity contribution >= 4 is 27.4 Å². The van der Waals surface area contributed by atoms with Crippen LogP contribution in [0.1, 0.15) is 66.7 Å². The summed E-state index contributed by atoms with van der Waals surface area (Å²) in [7, 11) is -3.33. The van der Waals surface area contributed by atoms with E-state index in [4.69, 9.17) is 9.47 Å². The van der Waals surface area contributed by atoms with Crippen molar-refractivity contribution in [3.05, 3.63) is 70.7 Å². The minimum Gasteiger partial charge on any atom is -0.442 e. The third-order valence-electron chi connectivity index (χ3n) is 5.98. The van der Waals surface area contributed by atoms with Crippen LogP contribution in [0, 0.1) is 12.7 Å². The summed E-state index contributed by atoms with van der Waals surface area (Å²) in [4.78, 5) is 25.9. The van der Waals surface area contributed by atoms with Gasteiger partial charge in [-0.15, -0.1) is 14.6 Å². The van der Waals surface area contributed by atoms with Crippen LogP contribution in [0.2, 0.25) is 0 Å². The van der Waals surface area contributed by atoms with Crippen molar-refractivity contribution in [1.82, 2.24) is 10.2 Å². The Kier molecular flexibility index (Phi) is 8.31. The van der Waals surface area contributed by atoms with Gasteiger partial charge in [0.2, 0.25) is 0 Å². The second-order valence-corrected chi connectivity index (χ2v) is 13.0. The zero-order chi connectivity index (χ0) is 31.0. The van der Waals surface area contributed by atoms with Gasteiger partial charge in [-0.1, -0.05) is 6.07 Å². The van der Waals surface area contributed by atoms with Crippen molar-refractivity contribution in [2.45, 2.75) is 63.1 Å². The standard InChI is InChI=1S/C28H28F4N4O5S/c1-15-13-17(29)11-12-20(15)40-25-22(21(16-9-10-16)23(34-35-25)28(30,31)32)24(37)33-18-7-6-8-19(14-18)42(5,39)36-26(38)41-27(2,3)4/h6-8,11-14,16H,9-10H2,1-5H3,(H,33,37)/t42-/m0/s1. The van der Waals surface area contributed by atoms with Crippen molar-refractivity contribution < 1.29 is 40.8 Å². The van der Waals surface area contributed by atoms with Crippen LogP contribution in [0.15, 0.2) is 51.7 Å². The molecule has 0 unspecified atom stereocenters. The molecule has 42 heavy (non-hydrogen) atoms.